The van der Waals surface area contributed by atoms with Crippen LogP contribution in [0.5, 0.6) is 0 Å². The summed E-state index contributed by atoms with van der Waals surface area (Å²) in [6.07, 6.45) is 2.85. The van der Waals surface area contributed by atoms with Gasteiger partial charge in [-0.3, -0.25) is 4.79 Å². The molecule has 0 aliphatic heterocycles. The van der Waals surface area contributed by atoms with E-state index >= 15 is 0 Å². The molecule has 0 aromatic carbocycles. The van der Waals surface area contributed by atoms with Crippen LogP contribution in [0.4, 0.5) is 0 Å². The molecule has 0 aromatic rings. The van der Waals surface area contributed by atoms with E-state index in [9.17, 15) is 9.90 Å². The topological polar surface area (TPSA) is 73.1 Å². The number of carbonyl (C=O) groups is 1. The molecule has 84 valence electrons. The van der Waals surface area contributed by atoms with Gasteiger partial charge in [-0.1, -0.05) is 0 Å². The van der Waals surface area contributed by atoms with E-state index in [0.29, 0.717) is 0 Å². The van der Waals surface area contributed by atoms with Gasteiger partial charge in [-0.05, 0) is 39.5 Å². The Balaban J connectivity index is 2.43. The fourth-order valence-corrected chi connectivity index (χ4v) is 1.64. The van der Waals surface area contributed by atoms with Crippen molar-refractivity contribution in [1.82, 2.24) is 5.32 Å². The second-order valence-electron chi connectivity index (χ2n) is 4.72. The van der Waals surface area contributed by atoms with Crippen molar-refractivity contribution < 1.29 is 9.90 Å². The molecule has 0 radical (unpaired) electrons. The summed E-state index contributed by atoms with van der Waals surface area (Å²) in [5, 5.41) is 20.9. The number of amides is 1. The molecule has 15 heavy (non-hydrogen) atoms. The van der Waals surface area contributed by atoms with E-state index in [2.05, 4.69) is 5.32 Å². The third-order valence-corrected chi connectivity index (χ3v) is 2.88. The van der Waals surface area contributed by atoms with Crippen LogP contribution in [-0.4, -0.2) is 23.2 Å². The molecule has 0 unspecified atom stereocenters. The van der Waals surface area contributed by atoms with E-state index in [0.717, 1.165) is 25.7 Å². The number of nitrogens with one attached hydrogen (secondary N) is 1. The number of nitriles is 1. The molecule has 4 heteroatoms. The van der Waals surface area contributed by atoms with E-state index in [1.165, 1.54) is 0 Å². The lowest BCUT2D eigenvalue weighted by molar-refractivity contribution is -0.127. The normalized spacial score (nSPS) is 26.8. The maximum Gasteiger partial charge on any atom is 0.240 e. The summed E-state index contributed by atoms with van der Waals surface area (Å²) in [4.78, 5) is 11.6. The van der Waals surface area contributed by atoms with Gasteiger partial charge in [0.25, 0.3) is 0 Å². The van der Waals surface area contributed by atoms with Crippen molar-refractivity contribution in [2.75, 3.05) is 0 Å². The van der Waals surface area contributed by atoms with Gasteiger partial charge in [0.2, 0.25) is 5.91 Å². The molecule has 1 rings (SSSR count). The summed E-state index contributed by atoms with van der Waals surface area (Å²) >= 11 is 0. The maximum atomic E-state index is 11.6. The standard InChI is InChI=1S/C11H18N2O2/c1-11(2,7-12)10(15)13-8-3-5-9(14)6-4-8/h8-9,14H,3-6H2,1-2H3,(H,13,15). The zero-order valence-corrected chi connectivity index (χ0v) is 9.29. The zero-order valence-electron chi connectivity index (χ0n) is 9.29. The number of aliphatic hydroxyl groups is 1. The Bertz CT molecular complexity index is 273. The first-order valence-corrected chi connectivity index (χ1v) is 5.36. The monoisotopic (exact) mass is 210 g/mol. The largest absolute Gasteiger partial charge is 0.393 e. The van der Waals surface area contributed by atoms with Crippen molar-refractivity contribution >= 4 is 5.91 Å². The van der Waals surface area contributed by atoms with E-state index in [4.69, 9.17) is 5.26 Å². The zero-order chi connectivity index (χ0) is 11.5. The number of nitrogens with zero attached hydrogens (tertiary/aromatic N) is 1. The first-order valence-electron chi connectivity index (χ1n) is 5.36. The van der Waals surface area contributed by atoms with Gasteiger partial charge in [-0.2, -0.15) is 5.26 Å². The number of hydrogen-bond acceptors (Lipinski definition) is 3. The number of carbonyl (C=O) groups excluding carboxylic acids is 1. The summed E-state index contributed by atoms with van der Waals surface area (Å²) in [6, 6.07) is 2.10. The number of rotatable bonds is 2. The minimum absolute atomic E-state index is 0.119. The summed E-state index contributed by atoms with van der Waals surface area (Å²) in [5.74, 6) is -0.216. The van der Waals surface area contributed by atoms with Crippen LogP contribution in [0.2, 0.25) is 0 Å². The highest BCUT2D eigenvalue weighted by molar-refractivity contribution is 5.84. The second kappa shape index (κ2) is 4.63. The molecule has 0 saturated heterocycles. The van der Waals surface area contributed by atoms with Gasteiger partial charge >= 0.3 is 0 Å². The molecule has 1 saturated carbocycles. The summed E-state index contributed by atoms with van der Waals surface area (Å²) in [5.41, 5.74) is -0.962. The van der Waals surface area contributed by atoms with Crippen LogP contribution in [0.15, 0.2) is 0 Å². The van der Waals surface area contributed by atoms with Crippen LogP contribution in [0.25, 0.3) is 0 Å². The van der Waals surface area contributed by atoms with Crippen molar-refractivity contribution in [2.24, 2.45) is 5.41 Å². The first kappa shape index (κ1) is 12.0. The lowest BCUT2D eigenvalue weighted by Gasteiger charge is -2.28. The van der Waals surface area contributed by atoms with Gasteiger partial charge in [-0.15, -0.1) is 0 Å². The summed E-state index contributed by atoms with van der Waals surface area (Å²) < 4.78 is 0. The van der Waals surface area contributed by atoms with Crippen molar-refractivity contribution in [3.05, 3.63) is 0 Å². The molecule has 4 nitrogen and oxygen atoms in total. The molecule has 1 fully saturated rings. The first-order chi connectivity index (χ1) is 6.95. The molecular weight excluding hydrogens is 192 g/mol. The van der Waals surface area contributed by atoms with E-state index in [-0.39, 0.29) is 18.1 Å². The average molecular weight is 210 g/mol. The third kappa shape index (κ3) is 3.21. The molecule has 2 N–H and O–H groups in total. The van der Waals surface area contributed by atoms with Gasteiger partial charge in [0, 0.05) is 6.04 Å². The van der Waals surface area contributed by atoms with E-state index < -0.39 is 5.41 Å². The molecule has 0 atom stereocenters. The summed E-state index contributed by atoms with van der Waals surface area (Å²) in [7, 11) is 0. The van der Waals surface area contributed by atoms with Crippen molar-refractivity contribution in [2.45, 2.75) is 51.7 Å². The fourth-order valence-electron chi connectivity index (χ4n) is 1.64. The van der Waals surface area contributed by atoms with Crippen LogP contribution in [0.1, 0.15) is 39.5 Å². The second-order valence-corrected chi connectivity index (χ2v) is 4.72. The Kier molecular flexibility index (Phi) is 3.70. The molecule has 0 bridgehead atoms. The average Bonchev–Trinajstić information content (AvgIpc) is 2.21. The quantitative estimate of drug-likeness (QED) is 0.712. The molecule has 1 aliphatic rings. The lowest BCUT2D eigenvalue weighted by atomic mass is 9.90. The number of aliphatic hydroxyl groups excluding tert-OH is 1. The molecule has 1 aliphatic carbocycles. The van der Waals surface area contributed by atoms with Crippen LogP contribution in [0, 0.1) is 16.7 Å². The highest BCUT2D eigenvalue weighted by atomic mass is 16.3. The fraction of sp³-hybridized carbons (Fsp3) is 0.818. The minimum atomic E-state index is -0.962. The molecule has 0 heterocycles. The van der Waals surface area contributed by atoms with Crippen molar-refractivity contribution in [3.8, 4) is 6.07 Å². The smallest absolute Gasteiger partial charge is 0.240 e. The van der Waals surface area contributed by atoms with Crippen LogP contribution < -0.4 is 5.32 Å². The van der Waals surface area contributed by atoms with Gasteiger partial charge < -0.3 is 10.4 Å². The maximum absolute atomic E-state index is 11.6. The van der Waals surface area contributed by atoms with E-state index in [1.807, 2.05) is 6.07 Å². The van der Waals surface area contributed by atoms with Gasteiger partial charge in [0.15, 0.2) is 0 Å². The Hall–Kier alpha value is -1.08. The Morgan fingerprint density at radius 2 is 1.93 bits per heavy atom. The van der Waals surface area contributed by atoms with E-state index in [1.54, 1.807) is 13.8 Å². The number of hydrogen-bond donors (Lipinski definition) is 2. The van der Waals surface area contributed by atoms with Crippen LogP contribution in [0.3, 0.4) is 0 Å². The van der Waals surface area contributed by atoms with Crippen molar-refractivity contribution in [1.29, 1.82) is 5.26 Å². The molecular formula is C11H18N2O2. The van der Waals surface area contributed by atoms with Crippen LogP contribution >= 0.6 is 0 Å². The third-order valence-electron chi connectivity index (χ3n) is 2.88. The highest BCUT2D eigenvalue weighted by Crippen LogP contribution is 2.20. The highest BCUT2D eigenvalue weighted by Gasteiger charge is 2.30. The predicted molar refractivity (Wildman–Crippen MR) is 55.8 cm³/mol. The Morgan fingerprint density at radius 3 is 2.40 bits per heavy atom. The van der Waals surface area contributed by atoms with Crippen LogP contribution in [-0.2, 0) is 4.79 Å². The summed E-state index contributed by atoms with van der Waals surface area (Å²) in [6.45, 7) is 3.22. The van der Waals surface area contributed by atoms with Gasteiger partial charge in [0.05, 0.1) is 12.2 Å². The van der Waals surface area contributed by atoms with Gasteiger partial charge in [-0.25, -0.2) is 0 Å². The molecule has 0 aromatic heterocycles. The minimum Gasteiger partial charge on any atom is -0.393 e. The molecule has 0 spiro atoms. The molecule has 1 amide bonds. The Morgan fingerprint density at radius 1 is 1.40 bits per heavy atom. The van der Waals surface area contributed by atoms with Gasteiger partial charge in [0.1, 0.15) is 5.41 Å². The SMILES string of the molecule is CC(C)(C#N)C(=O)NC1CCC(O)CC1. The lowest BCUT2D eigenvalue weighted by Crippen LogP contribution is -2.44. The van der Waals surface area contributed by atoms with Crippen molar-refractivity contribution in [3.63, 3.8) is 0 Å². The predicted octanol–water partition coefficient (Wildman–Crippen LogP) is 0.956. The Labute approximate surface area is 90.3 Å².